The maximum absolute atomic E-state index is 11.4. The van der Waals surface area contributed by atoms with Crippen molar-refractivity contribution in [3.63, 3.8) is 0 Å². The molecule has 0 aliphatic carbocycles. The Hall–Kier alpha value is -0.930. The first-order chi connectivity index (χ1) is 12.2. The van der Waals surface area contributed by atoms with Gasteiger partial charge in [-0.15, -0.1) is 0 Å². The highest BCUT2D eigenvalue weighted by atomic mass is 16.7. The number of rotatable bonds is 5. The Morgan fingerprint density at radius 1 is 0.923 bits per heavy atom. The van der Waals surface area contributed by atoms with Crippen LogP contribution in [0.4, 0.5) is 0 Å². The first-order valence-electron chi connectivity index (χ1n) is 8.06. The number of carbonyl (C=O) groups excluding carboxylic acids is 1. The molecule has 0 saturated carbocycles. The molecular weight excluding hydrogens is 358 g/mol. The van der Waals surface area contributed by atoms with E-state index in [9.17, 15) is 40.5 Å². The molecule has 2 heterocycles. The van der Waals surface area contributed by atoms with Crippen molar-refractivity contribution >= 4 is 5.91 Å². The number of carbonyl (C=O) groups is 1. The van der Waals surface area contributed by atoms with Gasteiger partial charge in [0.05, 0.1) is 13.2 Å². The summed E-state index contributed by atoms with van der Waals surface area (Å²) in [6.07, 6.45) is -13.7. The standard InChI is InChI=1S/C14H25NO11/c1-4(18)15-7-12(9(20)6(3-17)24-13(7)23)26-14-11(22)10(21)8(19)5(2-16)25-14/h5-14,16-17,19-23H,2-3H2,1H3,(H,15,18)/t5-,6-,7-,8+,9+,10+,11-,12-,13-,14+/m1/s1. The molecule has 26 heavy (non-hydrogen) atoms. The zero-order valence-corrected chi connectivity index (χ0v) is 14.0. The molecule has 0 radical (unpaired) electrons. The van der Waals surface area contributed by atoms with Gasteiger partial charge in [-0.1, -0.05) is 0 Å². The molecule has 2 rings (SSSR count). The van der Waals surface area contributed by atoms with Crippen molar-refractivity contribution in [3.8, 4) is 0 Å². The molecule has 0 aromatic heterocycles. The van der Waals surface area contributed by atoms with Crippen LogP contribution < -0.4 is 5.32 Å². The molecule has 2 fully saturated rings. The second-order valence-corrected chi connectivity index (χ2v) is 6.26. The summed E-state index contributed by atoms with van der Waals surface area (Å²) in [5.41, 5.74) is 0. The summed E-state index contributed by atoms with van der Waals surface area (Å²) in [6.45, 7) is -0.195. The SMILES string of the molecule is CC(=O)N[C@@H]1[C@@H](O[C@@H]2O[C@H](CO)[C@H](O)[C@H](O)[C@H]2O)[C@@H](O)[C@@H](CO)O[C@H]1O. The van der Waals surface area contributed by atoms with E-state index in [1.807, 2.05) is 0 Å². The molecule has 0 aromatic rings. The molecule has 2 aliphatic rings. The molecule has 152 valence electrons. The fraction of sp³-hybridized carbons (Fsp3) is 0.929. The smallest absolute Gasteiger partial charge is 0.217 e. The molecule has 0 bridgehead atoms. The third kappa shape index (κ3) is 4.31. The molecule has 0 aromatic carbocycles. The minimum absolute atomic E-state index is 0.574. The van der Waals surface area contributed by atoms with E-state index < -0.39 is 80.5 Å². The van der Waals surface area contributed by atoms with E-state index in [0.717, 1.165) is 6.92 Å². The maximum atomic E-state index is 11.4. The Bertz CT molecular complexity index is 478. The highest BCUT2D eigenvalue weighted by Gasteiger charge is 2.50. The third-order valence-electron chi connectivity index (χ3n) is 4.38. The van der Waals surface area contributed by atoms with Crippen LogP contribution >= 0.6 is 0 Å². The van der Waals surface area contributed by atoms with Crippen LogP contribution in [0.2, 0.25) is 0 Å². The van der Waals surface area contributed by atoms with Crippen molar-refractivity contribution in [2.45, 2.75) is 68.3 Å². The monoisotopic (exact) mass is 383 g/mol. The molecule has 2 aliphatic heterocycles. The van der Waals surface area contributed by atoms with Crippen LogP contribution in [0.5, 0.6) is 0 Å². The Kier molecular flexibility index (Phi) is 7.27. The average Bonchev–Trinajstić information content (AvgIpc) is 2.60. The highest BCUT2D eigenvalue weighted by Crippen LogP contribution is 2.28. The molecule has 2 saturated heterocycles. The first kappa shape index (κ1) is 21.4. The number of hydrogen-bond donors (Lipinski definition) is 8. The van der Waals surface area contributed by atoms with Gasteiger partial charge in [-0.25, -0.2) is 0 Å². The molecule has 8 N–H and O–H groups in total. The van der Waals surface area contributed by atoms with Crippen LogP contribution in [-0.4, -0.2) is 116 Å². The molecule has 12 heteroatoms. The zero-order valence-electron chi connectivity index (χ0n) is 14.0. The van der Waals surface area contributed by atoms with Crippen molar-refractivity contribution in [2.24, 2.45) is 0 Å². The van der Waals surface area contributed by atoms with Gasteiger partial charge in [-0.05, 0) is 0 Å². The average molecular weight is 383 g/mol. The van der Waals surface area contributed by atoms with Crippen LogP contribution in [0, 0.1) is 0 Å². The molecule has 10 atom stereocenters. The Balaban J connectivity index is 2.21. The van der Waals surface area contributed by atoms with Gasteiger partial charge in [0.15, 0.2) is 12.6 Å². The van der Waals surface area contributed by atoms with E-state index in [-0.39, 0.29) is 0 Å². The first-order valence-corrected chi connectivity index (χ1v) is 8.06. The number of aliphatic hydroxyl groups is 7. The molecule has 1 amide bonds. The lowest BCUT2D eigenvalue weighted by atomic mass is 9.95. The molecule has 0 spiro atoms. The van der Waals surface area contributed by atoms with Crippen molar-refractivity contribution in [1.29, 1.82) is 0 Å². The van der Waals surface area contributed by atoms with Crippen LogP contribution in [-0.2, 0) is 19.0 Å². The summed E-state index contributed by atoms with van der Waals surface area (Å²) in [5.74, 6) is -0.574. The number of hydrogen-bond acceptors (Lipinski definition) is 11. The van der Waals surface area contributed by atoms with Gasteiger partial charge in [0.2, 0.25) is 5.91 Å². The van der Waals surface area contributed by atoms with Crippen LogP contribution in [0.25, 0.3) is 0 Å². The predicted molar refractivity (Wildman–Crippen MR) is 80.2 cm³/mol. The van der Waals surface area contributed by atoms with Crippen LogP contribution in [0.15, 0.2) is 0 Å². The third-order valence-corrected chi connectivity index (χ3v) is 4.38. The highest BCUT2D eigenvalue weighted by molar-refractivity contribution is 5.73. The molecule has 0 unspecified atom stereocenters. The lowest BCUT2D eigenvalue weighted by Crippen LogP contribution is -2.67. The van der Waals surface area contributed by atoms with Crippen LogP contribution in [0.1, 0.15) is 6.92 Å². The zero-order chi connectivity index (χ0) is 19.6. The Labute approximate surface area is 148 Å². The summed E-state index contributed by atoms with van der Waals surface area (Å²) < 4.78 is 15.7. The minimum atomic E-state index is -1.74. The lowest BCUT2D eigenvalue weighted by Gasteiger charge is -2.46. The summed E-state index contributed by atoms with van der Waals surface area (Å²) in [6, 6.07) is -1.28. The Morgan fingerprint density at radius 2 is 1.50 bits per heavy atom. The number of amides is 1. The van der Waals surface area contributed by atoms with Crippen LogP contribution in [0.3, 0.4) is 0 Å². The number of aliphatic hydroxyl groups excluding tert-OH is 7. The van der Waals surface area contributed by atoms with Gasteiger partial charge in [0, 0.05) is 6.92 Å². The van der Waals surface area contributed by atoms with Gasteiger partial charge < -0.3 is 55.3 Å². The summed E-state index contributed by atoms with van der Waals surface area (Å²) in [4.78, 5) is 11.4. The van der Waals surface area contributed by atoms with Gasteiger partial charge in [0.25, 0.3) is 0 Å². The predicted octanol–water partition coefficient (Wildman–Crippen LogP) is -5.25. The van der Waals surface area contributed by atoms with E-state index in [2.05, 4.69) is 5.32 Å². The minimum Gasteiger partial charge on any atom is -0.394 e. The van der Waals surface area contributed by atoms with E-state index >= 15 is 0 Å². The second-order valence-electron chi connectivity index (χ2n) is 6.26. The number of nitrogens with one attached hydrogen (secondary N) is 1. The van der Waals surface area contributed by atoms with E-state index in [4.69, 9.17) is 14.2 Å². The molecular formula is C14H25NO11. The quantitative estimate of drug-likeness (QED) is 0.226. The Morgan fingerprint density at radius 3 is 2.04 bits per heavy atom. The van der Waals surface area contributed by atoms with Gasteiger partial charge in [-0.2, -0.15) is 0 Å². The van der Waals surface area contributed by atoms with Gasteiger partial charge in [-0.3, -0.25) is 4.79 Å². The van der Waals surface area contributed by atoms with Crippen molar-refractivity contribution in [2.75, 3.05) is 13.2 Å². The lowest BCUT2D eigenvalue weighted by molar-refractivity contribution is -0.341. The van der Waals surface area contributed by atoms with Gasteiger partial charge in [0.1, 0.15) is 48.8 Å². The summed E-state index contributed by atoms with van der Waals surface area (Å²) in [5, 5.41) is 70.7. The van der Waals surface area contributed by atoms with Crippen molar-refractivity contribution in [3.05, 3.63) is 0 Å². The van der Waals surface area contributed by atoms with Crippen molar-refractivity contribution < 1.29 is 54.8 Å². The largest absolute Gasteiger partial charge is 0.394 e. The summed E-state index contributed by atoms with van der Waals surface area (Å²) >= 11 is 0. The normalized spacial score (nSPS) is 46.8. The second kappa shape index (κ2) is 8.84. The molecule has 12 nitrogen and oxygen atoms in total. The van der Waals surface area contributed by atoms with E-state index in [1.54, 1.807) is 0 Å². The van der Waals surface area contributed by atoms with Gasteiger partial charge >= 0.3 is 0 Å². The maximum Gasteiger partial charge on any atom is 0.217 e. The van der Waals surface area contributed by atoms with Crippen molar-refractivity contribution in [1.82, 2.24) is 5.32 Å². The summed E-state index contributed by atoms with van der Waals surface area (Å²) in [7, 11) is 0. The fourth-order valence-corrected chi connectivity index (χ4v) is 2.97. The topological polar surface area (TPSA) is 198 Å². The van der Waals surface area contributed by atoms with E-state index in [1.165, 1.54) is 0 Å². The number of ether oxygens (including phenoxy) is 3. The van der Waals surface area contributed by atoms with E-state index in [0.29, 0.717) is 0 Å². The fourth-order valence-electron chi connectivity index (χ4n) is 2.97.